The molecule has 0 saturated heterocycles. The topological polar surface area (TPSA) is 26.3 Å². The molecule has 20 heavy (non-hydrogen) atoms. The Balaban J connectivity index is 3.14. The highest BCUT2D eigenvalue weighted by molar-refractivity contribution is 5.65. The van der Waals surface area contributed by atoms with E-state index in [4.69, 9.17) is 4.74 Å². The Labute approximate surface area is 125 Å². The van der Waals surface area contributed by atoms with Gasteiger partial charge in [-0.2, -0.15) is 0 Å². The lowest BCUT2D eigenvalue weighted by Gasteiger charge is -1.98. The lowest BCUT2D eigenvalue weighted by atomic mass is 10.1. The van der Waals surface area contributed by atoms with Crippen molar-refractivity contribution in [3.8, 4) is 0 Å². The van der Waals surface area contributed by atoms with Gasteiger partial charge in [0.2, 0.25) is 0 Å². The molecule has 0 aliphatic rings. The van der Waals surface area contributed by atoms with Crippen molar-refractivity contribution in [2.45, 2.75) is 78.1 Å². The molecule has 2 nitrogen and oxygen atoms in total. The number of hydrogen-bond acceptors (Lipinski definition) is 2. The monoisotopic (exact) mass is 280 g/mol. The van der Waals surface area contributed by atoms with Crippen molar-refractivity contribution in [2.75, 3.05) is 6.61 Å². The number of ether oxygens (including phenoxy) is 1. The molecule has 0 heterocycles. The van der Waals surface area contributed by atoms with Crippen molar-refractivity contribution in [2.24, 2.45) is 0 Å². The van der Waals surface area contributed by atoms with E-state index in [1.165, 1.54) is 58.3 Å². The highest BCUT2D eigenvalue weighted by atomic mass is 16.5. The summed E-state index contributed by atoms with van der Waals surface area (Å²) >= 11 is 0. The lowest BCUT2D eigenvalue weighted by Crippen LogP contribution is -1.98. The molecule has 0 aromatic heterocycles. The standard InChI is InChI=1S/C18H32O2/c1-3-4-5-6-7-8-9-10-11-12-13-14-15-16-17-20-18(2)19/h6-7,14-15H,3-5,8-13,16-17H2,1-2H3/b7-6+,15-14+. The molecule has 0 fully saturated rings. The van der Waals surface area contributed by atoms with Crippen LogP contribution in [0.2, 0.25) is 0 Å². The summed E-state index contributed by atoms with van der Waals surface area (Å²) < 4.78 is 4.85. The normalized spacial score (nSPS) is 11.5. The first-order valence-corrected chi connectivity index (χ1v) is 8.20. The fourth-order valence-electron chi connectivity index (χ4n) is 1.94. The van der Waals surface area contributed by atoms with Crippen LogP contribution in [-0.2, 0) is 9.53 Å². The molecule has 0 rings (SSSR count). The smallest absolute Gasteiger partial charge is 0.302 e. The van der Waals surface area contributed by atoms with E-state index in [2.05, 4.69) is 31.2 Å². The Morgan fingerprint density at radius 3 is 1.80 bits per heavy atom. The Bertz CT molecular complexity index is 267. The minimum absolute atomic E-state index is 0.192. The largest absolute Gasteiger partial charge is 0.466 e. The molecular weight excluding hydrogens is 248 g/mol. The summed E-state index contributed by atoms with van der Waals surface area (Å²) in [6.45, 7) is 4.19. The molecule has 0 unspecified atom stereocenters. The van der Waals surface area contributed by atoms with Crippen molar-refractivity contribution >= 4 is 5.97 Å². The number of allylic oxidation sites excluding steroid dienone is 3. The summed E-state index contributed by atoms with van der Waals surface area (Å²) in [6.07, 6.45) is 21.3. The van der Waals surface area contributed by atoms with Gasteiger partial charge in [-0.3, -0.25) is 4.79 Å². The van der Waals surface area contributed by atoms with Gasteiger partial charge in [0.1, 0.15) is 0 Å². The van der Waals surface area contributed by atoms with Gasteiger partial charge in [0, 0.05) is 6.92 Å². The Kier molecular flexibility index (Phi) is 15.2. The van der Waals surface area contributed by atoms with Crippen molar-refractivity contribution in [3.63, 3.8) is 0 Å². The molecule has 0 aromatic carbocycles. The van der Waals surface area contributed by atoms with E-state index in [9.17, 15) is 4.79 Å². The molecule has 0 atom stereocenters. The second kappa shape index (κ2) is 16.0. The van der Waals surface area contributed by atoms with Crippen molar-refractivity contribution < 1.29 is 9.53 Å². The number of unbranched alkanes of at least 4 members (excludes halogenated alkanes) is 7. The van der Waals surface area contributed by atoms with E-state index in [1.807, 2.05) is 0 Å². The zero-order valence-electron chi connectivity index (χ0n) is 13.4. The van der Waals surface area contributed by atoms with Gasteiger partial charge in [-0.15, -0.1) is 0 Å². The van der Waals surface area contributed by atoms with Gasteiger partial charge >= 0.3 is 5.97 Å². The van der Waals surface area contributed by atoms with Crippen LogP contribution < -0.4 is 0 Å². The molecule has 2 heteroatoms. The minimum Gasteiger partial charge on any atom is -0.466 e. The molecule has 0 N–H and O–H groups in total. The maximum Gasteiger partial charge on any atom is 0.302 e. The quantitative estimate of drug-likeness (QED) is 0.250. The number of rotatable bonds is 13. The molecular formula is C18H32O2. The fourth-order valence-corrected chi connectivity index (χ4v) is 1.94. The average Bonchev–Trinajstić information content (AvgIpc) is 2.43. The molecule has 116 valence electrons. The van der Waals surface area contributed by atoms with Gasteiger partial charge in [-0.05, 0) is 38.5 Å². The second-order valence-corrected chi connectivity index (χ2v) is 5.21. The summed E-state index contributed by atoms with van der Waals surface area (Å²) in [6, 6.07) is 0. The predicted molar refractivity (Wildman–Crippen MR) is 86.8 cm³/mol. The maximum atomic E-state index is 10.5. The molecule has 0 aliphatic heterocycles. The fraction of sp³-hybridized carbons (Fsp3) is 0.722. The van der Waals surface area contributed by atoms with E-state index in [0.29, 0.717) is 6.61 Å². The number of carbonyl (C=O) groups excluding carboxylic acids is 1. The van der Waals surface area contributed by atoms with Crippen LogP contribution in [0.4, 0.5) is 0 Å². The average molecular weight is 280 g/mol. The van der Waals surface area contributed by atoms with Crippen molar-refractivity contribution in [3.05, 3.63) is 24.3 Å². The third-order valence-corrected chi connectivity index (χ3v) is 3.14. The lowest BCUT2D eigenvalue weighted by molar-refractivity contribution is -0.140. The molecule has 0 saturated carbocycles. The zero-order valence-corrected chi connectivity index (χ0v) is 13.4. The Morgan fingerprint density at radius 1 is 0.800 bits per heavy atom. The number of carbonyl (C=O) groups is 1. The second-order valence-electron chi connectivity index (χ2n) is 5.21. The third kappa shape index (κ3) is 16.9. The van der Waals surface area contributed by atoms with Gasteiger partial charge in [-0.1, -0.05) is 56.9 Å². The summed E-state index contributed by atoms with van der Waals surface area (Å²) in [4.78, 5) is 10.5. The van der Waals surface area contributed by atoms with Gasteiger partial charge in [0.25, 0.3) is 0 Å². The van der Waals surface area contributed by atoms with Crippen LogP contribution in [0.25, 0.3) is 0 Å². The van der Waals surface area contributed by atoms with Gasteiger partial charge < -0.3 is 4.74 Å². The number of hydrogen-bond donors (Lipinski definition) is 0. The highest BCUT2D eigenvalue weighted by Gasteiger charge is 1.90. The molecule has 0 radical (unpaired) electrons. The van der Waals surface area contributed by atoms with E-state index in [0.717, 1.165) is 12.8 Å². The van der Waals surface area contributed by atoms with Gasteiger partial charge in [-0.25, -0.2) is 0 Å². The molecule has 0 spiro atoms. The van der Waals surface area contributed by atoms with E-state index >= 15 is 0 Å². The maximum absolute atomic E-state index is 10.5. The molecule has 0 aromatic rings. The van der Waals surface area contributed by atoms with Crippen LogP contribution in [0.1, 0.15) is 78.1 Å². The van der Waals surface area contributed by atoms with Crippen molar-refractivity contribution in [1.82, 2.24) is 0 Å². The van der Waals surface area contributed by atoms with Crippen LogP contribution in [0.15, 0.2) is 24.3 Å². The van der Waals surface area contributed by atoms with Crippen LogP contribution in [0, 0.1) is 0 Å². The van der Waals surface area contributed by atoms with Gasteiger partial charge in [0.15, 0.2) is 0 Å². The summed E-state index contributed by atoms with van der Waals surface area (Å²) in [5.74, 6) is -0.192. The van der Waals surface area contributed by atoms with Gasteiger partial charge in [0.05, 0.1) is 6.61 Å². The van der Waals surface area contributed by atoms with Crippen molar-refractivity contribution in [1.29, 1.82) is 0 Å². The van der Waals surface area contributed by atoms with E-state index in [-0.39, 0.29) is 5.97 Å². The first-order valence-electron chi connectivity index (χ1n) is 8.20. The first kappa shape index (κ1) is 18.9. The Hall–Kier alpha value is -1.05. The van der Waals surface area contributed by atoms with Crippen LogP contribution in [0.5, 0.6) is 0 Å². The highest BCUT2D eigenvalue weighted by Crippen LogP contribution is 2.07. The molecule has 0 amide bonds. The summed E-state index contributed by atoms with van der Waals surface area (Å²) in [5, 5.41) is 0. The van der Waals surface area contributed by atoms with E-state index < -0.39 is 0 Å². The summed E-state index contributed by atoms with van der Waals surface area (Å²) in [5.41, 5.74) is 0. The SMILES string of the molecule is CCCC/C=C/CCCCCC/C=C/CCOC(C)=O. The predicted octanol–water partition coefficient (Wildman–Crippen LogP) is 5.58. The third-order valence-electron chi connectivity index (χ3n) is 3.14. The zero-order chi connectivity index (χ0) is 14.9. The number of esters is 1. The molecule has 0 bridgehead atoms. The van der Waals surface area contributed by atoms with Crippen LogP contribution in [-0.4, -0.2) is 12.6 Å². The minimum atomic E-state index is -0.192. The Morgan fingerprint density at radius 2 is 1.30 bits per heavy atom. The van der Waals surface area contributed by atoms with E-state index in [1.54, 1.807) is 0 Å². The first-order chi connectivity index (χ1) is 9.77. The summed E-state index contributed by atoms with van der Waals surface area (Å²) in [7, 11) is 0. The van der Waals surface area contributed by atoms with Crippen LogP contribution in [0.3, 0.4) is 0 Å². The van der Waals surface area contributed by atoms with Crippen LogP contribution >= 0.6 is 0 Å². The molecule has 0 aliphatic carbocycles.